The minimum atomic E-state index is -1.26. The number of amides is 2. The van der Waals surface area contributed by atoms with Gasteiger partial charge in [-0.1, -0.05) is 0 Å². The highest BCUT2D eigenvalue weighted by Crippen LogP contribution is 2.22. The second-order valence-corrected chi connectivity index (χ2v) is 6.60. The van der Waals surface area contributed by atoms with E-state index in [-0.39, 0.29) is 17.0 Å². The summed E-state index contributed by atoms with van der Waals surface area (Å²) in [7, 11) is 0. The van der Waals surface area contributed by atoms with E-state index >= 15 is 0 Å². The molecule has 0 saturated carbocycles. The van der Waals surface area contributed by atoms with Crippen molar-refractivity contribution < 1.29 is 19.8 Å². The van der Waals surface area contributed by atoms with Crippen LogP contribution in [-0.2, 0) is 6.54 Å². The zero-order valence-corrected chi connectivity index (χ0v) is 13.0. The Morgan fingerprint density at radius 3 is 2.62 bits per heavy atom. The summed E-state index contributed by atoms with van der Waals surface area (Å²) < 4.78 is 0.976. The van der Waals surface area contributed by atoms with Crippen molar-refractivity contribution in [1.82, 2.24) is 5.32 Å². The van der Waals surface area contributed by atoms with Gasteiger partial charge in [0, 0.05) is 10.6 Å². The monoisotopic (exact) mass is 370 g/mol. The summed E-state index contributed by atoms with van der Waals surface area (Å²) in [5, 5.41) is 23.4. The zero-order chi connectivity index (χ0) is 15.4. The molecule has 0 aliphatic rings. The smallest absolute Gasteiger partial charge is 0.339 e. The Morgan fingerprint density at radius 2 is 2.00 bits per heavy atom. The van der Waals surface area contributed by atoms with Crippen LogP contribution in [0, 0.1) is 0 Å². The molecule has 1 heterocycles. The standard InChI is InChI=1S/C13H11BrN2O4S/c14-11-4-2-8(21-11)6-15-13(20)16-7-1-3-10(17)9(5-7)12(18)19/h1-5,17H,6H2,(H,18,19)(H2,15,16,20). The second kappa shape index (κ2) is 6.59. The Balaban J connectivity index is 1.96. The lowest BCUT2D eigenvalue weighted by atomic mass is 10.2. The summed E-state index contributed by atoms with van der Waals surface area (Å²) >= 11 is 4.84. The summed E-state index contributed by atoms with van der Waals surface area (Å²) in [4.78, 5) is 23.6. The van der Waals surface area contributed by atoms with Crippen molar-refractivity contribution in [3.63, 3.8) is 0 Å². The van der Waals surface area contributed by atoms with Crippen LogP contribution < -0.4 is 10.6 Å². The molecular formula is C13H11BrN2O4S. The predicted octanol–water partition coefficient (Wildman–Crippen LogP) is 3.24. The lowest BCUT2D eigenvalue weighted by molar-refractivity contribution is 0.0693. The van der Waals surface area contributed by atoms with Crippen LogP contribution in [-0.4, -0.2) is 22.2 Å². The van der Waals surface area contributed by atoms with Crippen molar-refractivity contribution in [2.24, 2.45) is 0 Å². The van der Waals surface area contributed by atoms with Crippen molar-refractivity contribution >= 4 is 45.0 Å². The van der Waals surface area contributed by atoms with Gasteiger partial charge in [-0.15, -0.1) is 11.3 Å². The molecular weight excluding hydrogens is 360 g/mol. The molecule has 0 saturated heterocycles. The van der Waals surface area contributed by atoms with Crippen molar-refractivity contribution in [2.75, 3.05) is 5.32 Å². The van der Waals surface area contributed by atoms with Crippen LogP contribution in [0.15, 0.2) is 34.1 Å². The molecule has 0 radical (unpaired) electrons. The fourth-order valence-electron chi connectivity index (χ4n) is 1.57. The molecule has 4 N–H and O–H groups in total. The molecule has 0 unspecified atom stereocenters. The highest BCUT2D eigenvalue weighted by Gasteiger charge is 2.11. The number of aromatic hydroxyl groups is 1. The first-order valence-electron chi connectivity index (χ1n) is 5.81. The van der Waals surface area contributed by atoms with Gasteiger partial charge in [0.25, 0.3) is 0 Å². The van der Waals surface area contributed by atoms with Gasteiger partial charge in [0.05, 0.1) is 10.3 Å². The lowest BCUT2D eigenvalue weighted by Crippen LogP contribution is -2.27. The minimum Gasteiger partial charge on any atom is -0.507 e. The van der Waals surface area contributed by atoms with Crippen LogP contribution in [0.4, 0.5) is 10.5 Å². The number of nitrogens with one attached hydrogen (secondary N) is 2. The summed E-state index contributed by atoms with van der Waals surface area (Å²) in [5.41, 5.74) is 0.0186. The number of phenols is 1. The largest absolute Gasteiger partial charge is 0.507 e. The number of anilines is 1. The third kappa shape index (κ3) is 4.20. The Hall–Kier alpha value is -2.06. The zero-order valence-electron chi connectivity index (χ0n) is 10.6. The first-order valence-corrected chi connectivity index (χ1v) is 7.42. The van der Waals surface area contributed by atoms with Crippen molar-refractivity contribution in [3.05, 3.63) is 44.6 Å². The maximum atomic E-state index is 11.7. The number of carbonyl (C=O) groups is 2. The Bertz CT molecular complexity index is 687. The van der Waals surface area contributed by atoms with Crippen LogP contribution in [0.3, 0.4) is 0 Å². The molecule has 21 heavy (non-hydrogen) atoms. The van der Waals surface area contributed by atoms with E-state index in [9.17, 15) is 14.7 Å². The van der Waals surface area contributed by atoms with E-state index < -0.39 is 12.0 Å². The average molecular weight is 371 g/mol. The van der Waals surface area contributed by atoms with E-state index in [1.807, 2.05) is 12.1 Å². The van der Waals surface area contributed by atoms with Gasteiger partial charge < -0.3 is 20.8 Å². The summed E-state index contributed by atoms with van der Waals surface area (Å²) in [6.45, 7) is 0.367. The molecule has 2 rings (SSSR count). The molecule has 0 aliphatic carbocycles. The molecule has 0 atom stereocenters. The van der Waals surface area contributed by atoms with Gasteiger partial charge in [0.1, 0.15) is 11.3 Å². The average Bonchev–Trinajstić information content (AvgIpc) is 2.84. The molecule has 110 valence electrons. The molecule has 6 nitrogen and oxygen atoms in total. The molecule has 0 bridgehead atoms. The Kier molecular flexibility index (Phi) is 4.81. The summed E-state index contributed by atoms with van der Waals surface area (Å²) in [5.74, 6) is -1.61. The molecule has 2 amide bonds. The first-order chi connectivity index (χ1) is 9.95. The van der Waals surface area contributed by atoms with Crippen LogP contribution in [0.5, 0.6) is 5.75 Å². The molecule has 1 aromatic carbocycles. The molecule has 2 aromatic rings. The SMILES string of the molecule is O=C(NCc1ccc(Br)s1)Nc1ccc(O)c(C(=O)O)c1. The number of carboxylic acid groups (broad SMARTS) is 1. The Labute approximate surface area is 132 Å². The predicted molar refractivity (Wildman–Crippen MR) is 82.9 cm³/mol. The number of rotatable bonds is 4. The fraction of sp³-hybridized carbons (Fsp3) is 0.0769. The lowest BCUT2D eigenvalue weighted by Gasteiger charge is -2.08. The van der Waals surface area contributed by atoms with Gasteiger partial charge in [-0.25, -0.2) is 9.59 Å². The highest BCUT2D eigenvalue weighted by atomic mass is 79.9. The second-order valence-electron chi connectivity index (χ2n) is 4.05. The minimum absolute atomic E-state index is 0.269. The van der Waals surface area contributed by atoms with Crippen LogP contribution in [0.25, 0.3) is 0 Å². The van der Waals surface area contributed by atoms with Gasteiger partial charge in [-0.3, -0.25) is 0 Å². The van der Waals surface area contributed by atoms with Crippen molar-refractivity contribution in [3.8, 4) is 5.75 Å². The third-order valence-electron chi connectivity index (χ3n) is 2.54. The molecule has 0 aliphatic heterocycles. The quantitative estimate of drug-likeness (QED) is 0.620. The number of aromatic carboxylic acids is 1. The number of carbonyl (C=O) groups excluding carboxylic acids is 1. The number of benzene rings is 1. The maximum absolute atomic E-state index is 11.7. The van der Waals surface area contributed by atoms with Gasteiger partial charge in [-0.05, 0) is 46.3 Å². The number of hydrogen-bond donors (Lipinski definition) is 4. The van der Waals surface area contributed by atoms with Gasteiger partial charge in [0.2, 0.25) is 0 Å². The number of urea groups is 1. The van der Waals surface area contributed by atoms with Crippen LogP contribution in [0.1, 0.15) is 15.2 Å². The van der Waals surface area contributed by atoms with Crippen LogP contribution in [0.2, 0.25) is 0 Å². The van der Waals surface area contributed by atoms with E-state index in [4.69, 9.17) is 5.11 Å². The Morgan fingerprint density at radius 1 is 1.24 bits per heavy atom. The first kappa shape index (κ1) is 15.3. The number of hydrogen-bond acceptors (Lipinski definition) is 4. The maximum Gasteiger partial charge on any atom is 0.339 e. The summed E-state index contributed by atoms with van der Waals surface area (Å²) in [6, 6.07) is 7.15. The molecule has 1 aromatic heterocycles. The fourth-order valence-corrected chi connectivity index (χ4v) is 3.00. The number of carboxylic acids is 1. The van der Waals surface area contributed by atoms with Crippen molar-refractivity contribution in [1.29, 1.82) is 0 Å². The van der Waals surface area contributed by atoms with E-state index in [0.717, 1.165) is 8.66 Å². The van der Waals surface area contributed by atoms with Gasteiger partial charge in [-0.2, -0.15) is 0 Å². The van der Waals surface area contributed by atoms with E-state index in [0.29, 0.717) is 6.54 Å². The molecule has 8 heteroatoms. The van der Waals surface area contributed by atoms with E-state index in [1.54, 1.807) is 0 Å². The topological polar surface area (TPSA) is 98.7 Å². The van der Waals surface area contributed by atoms with Crippen LogP contribution >= 0.6 is 27.3 Å². The van der Waals surface area contributed by atoms with Crippen molar-refractivity contribution in [2.45, 2.75) is 6.54 Å². The van der Waals surface area contributed by atoms with Gasteiger partial charge >= 0.3 is 12.0 Å². The number of thiophene rings is 1. The molecule has 0 fully saturated rings. The number of halogens is 1. The normalized spacial score (nSPS) is 10.1. The van der Waals surface area contributed by atoms with Gasteiger partial charge in [0.15, 0.2) is 0 Å². The third-order valence-corrected chi connectivity index (χ3v) is 4.16. The highest BCUT2D eigenvalue weighted by molar-refractivity contribution is 9.11. The molecule has 0 spiro atoms. The van der Waals surface area contributed by atoms with E-state index in [2.05, 4.69) is 26.6 Å². The summed E-state index contributed by atoms with van der Waals surface area (Å²) in [6.07, 6.45) is 0. The van der Waals surface area contributed by atoms with E-state index in [1.165, 1.54) is 29.5 Å².